The van der Waals surface area contributed by atoms with Crippen LogP contribution in [0.4, 0.5) is 0 Å². The molecule has 0 amide bonds. The summed E-state index contributed by atoms with van der Waals surface area (Å²) in [6, 6.07) is 6.10. The number of aromatic nitrogens is 3. The molecule has 0 fully saturated rings. The van der Waals surface area contributed by atoms with Gasteiger partial charge in [-0.15, -0.1) is 5.10 Å². The average Bonchev–Trinajstić information content (AvgIpc) is 2.71. The molecule has 0 spiro atoms. The number of benzene rings is 1. The fourth-order valence-electron chi connectivity index (χ4n) is 1.51. The van der Waals surface area contributed by atoms with Gasteiger partial charge in [-0.1, -0.05) is 27.2 Å². The van der Waals surface area contributed by atoms with Crippen molar-refractivity contribution < 1.29 is 0 Å². The summed E-state index contributed by atoms with van der Waals surface area (Å²) in [6.45, 7) is 2.65. The van der Waals surface area contributed by atoms with E-state index < -0.39 is 0 Å². The van der Waals surface area contributed by atoms with Gasteiger partial charge < -0.3 is 5.73 Å². The molecule has 84 valence electrons. The van der Waals surface area contributed by atoms with Gasteiger partial charge in [0.1, 0.15) is 0 Å². The fraction of sp³-hybridized carbons (Fsp3) is 0.273. The summed E-state index contributed by atoms with van der Waals surface area (Å²) in [7, 11) is 0. The Kier molecular flexibility index (Phi) is 3.36. The summed E-state index contributed by atoms with van der Waals surface area (Å²) in [5, 5.41) is 7.98. The van der Waals surface area contributed by atoms with Crippen molar-refractivity contribution in [3.8, 4) is 5.69 Å². The van der Waals surface area contributed by atoms with E-state index >= 15 is 0 Å². The monoisotopic (exact) mass is 280 g/mol. The number of hydrogen-bond acceptors (Lipinski definition) is 3. The molecular formula is C11H13BrN4. The van der Waals surface area contributed by atoms with Crippen LogP contribution >= 0.6 is 15.9 Å². The zero-order chi connectivity index (χ0) is 11.5. The van der Waals surface area contributed by atoms with Gasteiger partial charge in [0.05, 0.1) is 17.6 Å². The lowest BCUT2D eigenvalue weighted by Crippen LogP contribution is -2.08. The van der Waals surface area contributed by atoms with Crippen LogP contribution in [0.15, 0.2) is 28.9 Å². The third-order valence-electron chi connectivity index (χ3n) is 2.42. The summed E-state index contributed by atoms with van der Waals surface area (Å²) >= 11 is 3.51. The number of nitrogens with two attached hydrogens (primary N) is 1. The molecule has 0 aliphatic carbocycles. The summed E-state index contributed by atoms with van der Waals surface area (Å²) in [5.41, 5.74) is 8.77. The van der Waals surface area contributed by atoms with E-state index in [1.165, 1.54) is 5.56 Å². The average molecular weight is 281 g/mol. The fourth-order valence-corrected chi connectivity index (χ4v) is 1.87. The molecule has 5 heteroatoms. The van der Waals surface area contributed by atoms with Gasteiger partial charge in [-0.25, -0.2) is 4.68 Å². The van der Waals surface area contributed by atoms with Crippen molar-refractivity contribution in [1.82, 2.24) is 15.0 Å². The normalized spacial score (nSPS) is 10.7. The molecule has 2 N–H and O–H groups in total. The van der Waals surface area contributed by atoms with Gasteiger partial charge in [-0.05, 0) is 31.2 Å². The number of aryl methyl sites for hydroxylation is 1. The summed E-state index contributed by atoms with van der Waals surface area (Å²) in [5.74, 6) is 0. The van der Waals surface area contributed by atoms with Crippen LogP contribution in [0, 0.1) is 6.92 Å². The molecule has 4 nitrogen and oxygen atoms in total. The molecule has 16 heavy (non-hydrogen) atoms. The highest BCUT2D eigenvalue weighted by Gasteiger charge is 2.06. The van der Waals surface area contributed by atoms with E-state index in [0.717, 1.165) is 22.3 Å². The predicted octanol–water partition coefficient (Wildman–Crippen LogP) is 1.84. The third-order valence-corrected chi connectivity index (χ3v) is 3.27. The molecule has 1 aromatic heterocycles. The van der Waals surface area contributed by atoms with Gasteiger partial charge in [-0.3, -0.25) is 0 Å². The summed E-state index contributed by atoms with van der Waals surface area (Å²) in [6.07, 6.45) is 2.53. The zero-order valence-electron chi connectivity index (χ0n) is 9.02. The van der Waals surface area contributed by atoms with E-state index in [1.807, 2.05) is 22.9 Å². The Labute approximate surface area is 103 Å². The summed E-state index contributed by atoms with van der Waals surface area (Å²) < 4.78 is 2.89. The minimum absolute atomic E-state index is 0.598. The van der Waals surface area contributed by atoms with E-state index in [2.05, 4.69) is 33.2 Å². The quantitative estimate of drug-likeness (QED) is 0.934. The molecule has 1 aromatic carbocycles. The standard InChI is InChI=1S/C11H13BrN4/c1-8-2-3-9(6-11(8)12)16-10(4-5-13)7-14-15-16/h2-3,6-7H,4-5,13H2,1H3. The van der Waals surface area contributed by atoms with Crippen molar-refractivity contribution in [2.75, 3.05) is 6.54 Å². The lowest BCUT2D eigenvalue weighted by Gasteiger charge is -2.06. The van der Waals surface area contributed by atoms with Crippen molar-refractivity contribution in [3.05, 3.63) is 40.1 Å². The topological polar surface area (TPSA) is 56.7 Å². The maximum atomic E-state index is 5.54. The maximum Gasteiger partial charge on any atom is 0.0730 e. The van der Waals surface area contributed by atoms with E-state index in [4.69, 9.17) is 5.73 Å². The van der Waals surface area contributed by atoms with Crippen LogP contribution in [-0.2, 0) is 6.42 Å². The molecular weight excluding hydrogens is 268 g/mol. The Balaban J connectivity index is 2.42. The van der Waals surface area contributed by atoms with Gasteiger partial charge in [0.25, 0.3) is 0 Å². The highest BCUT2D eigenvalue weighted by Crippen LogP contribution is 2.20. The Hall–Kier alpha value is -1.20. The first-order chi connectivity index (χ1) is 7.72. The van der Waals surface area contributed by atoms with Crippen LogP contribution in [-0.4, -0.2) is 21.5 Å². The minimum atomic E-state index is 0.598. The third kappa shape index (κ3) is 2.15. The molecule has 1 heterocycles. The zero-order valence-corrected chi connectivity index (χ0v) is 10.6. The lowest BCUT2D eigenvalue weighted by atomic mass is 10.2. The first kappa shape index (κ1) is 11.3. The second kappa shape index (κ2) is 4.76. The smallest absolute Gasteiger partial charge is 0.0730 e. The number of nitrogens with zero attached hydrogens (tertiary/aromatic N) is 3. The highest BCUT2D eigenvalue weighted by atomic mass is 79.9. The Morgan fingerprint density at radius 2 is 2.25 bits per heavy atom. The van der Waals surface area contributed by atoms with Gasteiger partial charge in [0.2, 0.25) is 0 Å². The van der Waals surface area contributed by atoms with Gasteiger partial charge in [-0.2, -0.15) is 0 Å². The molecule has 0 radical (unpaired) electrons. The lowest BCUT2D eigenvalue weighted by molar-refractivity contribution is 0.754. The molecule has 0 saturated heterocycles. The van der Waals surface area contributed by atoms with E-state index in [1.54, 1.807) is 6.20 Å². The van der Waals surface area contributed by atoms with Crippen LogP contribution < -0.4 is 5.73 Å². The Morgan fingerprint density at radius 3 is 2.94 bits per heavy atom. The van der Waals surface area contributed by atoms with Crippen LogP contribution in [0.25, 0.3) is 5.69 Å². The first-order valence-electron chi connectivity index (χ1n) is 5.08. The van der Waals surface area contributed by atoms with Crippen molar-refractivity contribution in [2.45, 2.75) is 13.3 Å². The molecule has 0 bridgehead atoms. The second-order valence-corrected chi connectivity index (χ2v) is 4.46. The van der Waals surface area contributed by atoms with Crippen molar-refractivity contribution in [3.63, 3.8) is 0 Å². The number of hydrogen-bond donors (Lipinski definition) is 1. The molecule has 2 aromatic rings. The van der Waals surface area contributed by atoms with E-state index in [0.29, 0.717) is 6.54 Å². The molecule has 0 aliphatic heterocycles. The molecule has 0 saturated carbocycles. The van der Waals surface area contributed by atoms with E-state index in [9.17, 15) is 0 Å². The summed E-state index contributed by atoms with van der Waals surface area (Å²) in [4.78, 5) is 0. The Bertz CT molecular complexity index is 492. The van der Waals surface area contributed by atoms with Crippen molar-refractivity contribution in [1.29, 1.82) is 0 Å². The predicted molar refractivity (Wildman–Crippen MR) is 66.6 cm³/mol. The molecule has 0 atom stereocenters. The van der Waals surface area contributed by atoms with Crippen LogP contribution in [0.3, 0.4) is 0 Å². The molecule has 0 unspecified atom stereocenters. The van der Waals surface area contributed by atoms with Crippen molar-refractivity contribution >= 4 is 15.9 Å². The van der Waals surface area contributed by atoms with Crippen molar-refractivity contribution in [2.24, 2.45) is 5.73 Å². The SMILES string of the molecule is Cc1ccc(-n2nncc2CCN)cc1Br. The highest BCUT2D eigenvalue weighted by molar-refractivity contribution is 9.10. The maximum absolute atomic E-state index is 5.54. The largest absolute Gasteiger partial charge is 0.330 e. The number of rotatable bonds is 3. The van der Waals surface area contributed by atoms with Crippen LogP contribution in [0.2, 0.25) is 0 Å². The molecule has 2 rings (SSSR count). The number of halogens is 1. The van der Waals surface area contributed by atoms with Crippen LogP contribution in [0.1, 0.15) is 11.3 Å². The van der Waals surface area contributed by atoms with Gasteiger partial charge in [0, 0.05) is 10.9 Å². The molecule has 0 aliphatic rings. The Morgan fingerprint density at radius 1 is 1.44 bits per heavy atom. The van der Waals surface area contributed by atoms with E-state index in [-0.39, 0.29) is 0 Å². The van der Waals surface area contributed by atoms with Crippen LogP contribution in [0.5, 0.6) is 0 Å². The van der Waals surface area contributed by atoms with Gasteiger partial charge >= 0.3 is 0 Å². The second-order valence-electron chi connectivity index (χ2n) is 3.61. The minimum Gasteiger partial charge on any atom is -0.330 e. The first-order valence-corrected chi connectivity index (χ1v) is 5.88. The van der Waals surface area contributed by atoms with Gasteiger partial charge in [0.15, 0.2) is 0 Å².